The Labute approximate surface area is 110 Å². The van der Waals surface area contributed by atoms with Crippen LogP contribution in [-0.2, 0) is 9.59 Å². The Balaban J connectivity index is 2.01. The van der Waals surface area contributed by atoms with Crippen molar-refractivity contribution in [2.45, 2.75) is 12.3 Å². The van der Waals surface area contributed by atoms with Gasteiger partial charge in [-0.2, -0.15) is 0 Å². The number of aliphatic carboxylic acids is 1. The monoisotopic (exact) mass is 267 g/mol. The van der Waals surface area contributed by atoms with Gasteiger partial charge in [0.15, 0.2) is 0 Å². The minimum absolute atomic E-state index is 0.123. The van der Waals surface area contributed by atoms with Crippen molar-refractivity contribution in [3.05, 3.63) is 34.9 Å². The lowest BCUT2D eigenvalue weighted by Crippen LogP contribution is -2.33. The van der Waals surface area contributed by atoms with Gasteiger partial charge in [0.2, 0.25) is 5.91 Å². The smallest absolute Gasteiger partial charge is 0.323 e. The Kier molecular flexibility index (Phi) is 3.57. The van der Waals surface area contributed by atoms with E-state index < -0.39 is 5.97 Å². The molecule has 0 spiro atoms. The number of likely N-dealkylation sites (N-methyl/N-ethyl adjacent to an activating group) is 1. The van der Waals surface area contributed by atoms with Crippen molar-refractivity contribution < 1.29 is 14.7 Å². The fourth-order valence-corrected chi connectivity index (χ4v) is 2.43. The van der Waals surface area contributed by atoms with Gasteiger partial charge < -0.3 is 10.0 Å². The highest BCUT2D eigenvalue weighted by atomic mass is 35.5. The lowest BCUT2D eigenvalue weighted by atomic mass is 10.1. The van der Waals surface area contributed by atoms with Crippen LogP contribution < -0.4 is 0 Å². The number of nitrogens with zero attached hydrogens (tertiary/aromatic N) is 1. The van der Waals surface area contributed by atoms with Crippen LogP contribution in [0.2, 0.25) is 5.02 Å². The molecule has 1 aromatic carbocycles. The highest BCUT2D eigenvalue weighted by molar-refractivity contribution is 6.31. The second-order valence-corrected chi connectivity index (χ2v) is 4.97. The first-order valence-corrected chi connectivity index (χ1v) is 6.09. The molecule has 4 nitrogen and oxygen atoms in total. The normalized spacial score (nSPS) is 21.4. The number of amides is 1. The molecule has 0 heterocycles. The van der Waals surface area contributed by atoms with Gasteiger partial charge in [0, 0.05) is 18.0 Å². The van der Waals surface area contributed by atoms with Crippen molar-refractivity contribution in [2.24, 2.45) is 5.92 Å². The second kappa shape index (κ2) is 4.98. The van der Waals surface area contributed by atoms with Gasteiger partial charge in [0.25, 0.3) is 0 Å². The molecule has 96 valence electrons. The summed E-state index contributed by atoms with van der Waals surface area (Å²) in [5.41, 5.74) is 0.973. The molecule has 0 saturated heterocycles. The lowest BCUT2D eigenvalue weighted by Gasteiger charge is -2.14. The number of carbonyl (C=O) groups is 2. The van der Waals surface area contributed by atoms with Crippen molar-refractivity contribution in [1.29, 1.82) is 0 Å². The lowest BCUT2D eigenvalue weighted by molar-refractivity contribution is -0.144. The third kappa shape index (κ3) is 2.64. The highest BCUT2D eigenvalue weighted by Gasteiger charge is 2.46. The van der Waals surface area contributed by atoms with Gasteiger partial charge in [-0.1, -0.05) is 29.8 Å². The van der Waals surface area contributed by atoms with E-state index in [0.29, 0.717) is 5.02 Å². The van der Waals surface area contributed by atoms with Gasteiger partial charge in [-0.15, -0.1) is 0 Å². The molecular formula is C13H14ClNO3. The fourth-order valence-electron chi connectivity index (χ4n) is 2.15. The van der Waals surface area contributed by atoms with Gasteiger partial charge in [-0.05, 0) is 24.0 Å². The maximum absolute atomic E-state index is 12.0. The van der Waals surface area contributed by atoms with Crippen molar-refractivity contribution in [3.63, 3.8) is 0 Å². The first-order valence-electron chi connectivity index (χ1n) is 5.72. The molecule has 0 unspecified atom stereocenters. The number of benzene rings is 1. The van der Waals surface area contributed by atoms with Crippen LogP contribution in [0.3, 0.4) is 0 Å². The number of halogens is 1. The van der Waals surface area contributed by atoms with Crippen molar-refractivity contribution in [1.82, 2.24) is 4.90 Å². The molecule has 2 rings (SSSR count). The third-order valence-electron chi connectivity index (χ3n) is 3.16. The predicted octanol–water partition coefficient (Wildman–Crippen LogP) is 1.99. The number of hydrogen-bond donors (Lipinski definition) is 1. The molecule has 0 bridgehead atoms. The van der Waals surface area contributed by atoms with E-state index in [1.54, 1.807) is 6.07 Å². The van der Waals surface area contributed by atoms with Crippen molar-refractivity contribution in [3.8, 4) is 0 Å². The molecule has 1 aliphatic carbocycles. The summed E-state index contributed by atoms with van der Waals surface area (Å²) >= 11 is 6.07. The molecule has 18 heavy (non-hydrogen) atoms. The quantitative estimate of drug-likeness (QED) is 0.908. The van der Waals surface area contributed by atoms with E-state index in [1.165, 1.54) is 11.9 Å². The fraction of sp³-hybridized carbons (Fsp3) is 0.385. The molecule has 0 aromatic heterocycles. The number of rotatable bonds is 4. The summed E-state index contributed by atoms with van der Waals surface area (Å²) < 4.78 is 0. The summed E-state index contributed by atoms with van der Waals surface area (Å²) in [6, 6.07) is 7.46. The molecule has 1 aromatic rings. The molecule has 1 fully saturated rings. The maximum Gasteiger partial charge on any atom is 0.323 e. The van der Waals surface area contributed by atoms with Gasteiger partial charge in [0.05, 0.1) is 0 Å². The molecule has 0 aliphatic heterocycles. The molecule has 5 heteroatoms. The van der Waals surface area contributed by atoms with E-state index in [-0.39, 0.29) is 24.3 Å². The zero-order valence-corrected chi connectivity index (χ0v) is 10.7. The molecule has 1 saturated carbocycles. The summed E-state index contributed by atoms with van der Waals surface area (Å²) in [5, 5.41) is 9.31. The minimum Gasteiger partial charge on any atom is -0.480 e. The summed E-state index contributed by atoms with van der Waals surface area (Å²) in [6.45, 7) is -0.259. The van der Waals surface area contributed by atoms with E-state index in [2.05, 4.69) is 0 Å². The van der Waals surface area contributed by atoms with E-state index in [0.717, 1.165) is 12.0 Å². The van der Waals surface area contributed by atoms with Crippen LogP contribution in [-0.4, -0.2) is 35.5 Å². The van der Waals surface area contributed by atoms with Crippen LogP contribution in [0.25, 0.3) is 0 Å². The zero-order valence-electron chi connectivity index (χ0n) is 9.97. The third-order valence-corrected chi connectivity index (χ3v) is 3.51. The van der Waals surface area contributed by atoms with Crippen LogP contribution in [0.4, 0.5) is 0 Å². The van der Waals surface area contributed by atoms with Crippen LogP contribution in [0.15, 0.2) is 24.3 Å². The molecule has 1 amide bonds. The van der Waals surface area contributed by atoms with E-state index in [1.807, 2.05) is 18.2 Å². The molecular weight excluding hydrogens is 254 g/mol. The first kappa shape index (κ1) is 12.9. The van der Waals surface area contributed by atoms with E-state index >= 15 is 0 Å². The number of carbonyl (C=O) groups excluding carboxylic acids is 1. The van der Waals surface area contributed by atoms with Gasteiger partial charge >= 0.3 is 5.97 Å². The average Bonchev–Trinajstić information content (AvgIpc) is 3.07. The highest BCUT2D eigenvalue weighted by Crippen LogP contribution is 2.50. The van der Waals surface area contributed by atoms with Crippen LogP contribution in [0.1, 0.15) is 17.9 Å². The molecule has 1 N–H and O–H groups in total. The number of carboxylic acids is 1. The van der Waals surface area contributed by atoms with Crippen LogP contribution in [0, 0.1) is 5.92 Å². The minimum atomic E-state index is -0.999. The molecule has 1 aliphatic rings. The van der Waals surface area contributed by atoms with Crippen molar-refractivity contribution >= 4 is 23.5 Å². The maximum atomic E-state index is 12.0. The summed E-state index contributed by atoms with van der Waals surface area (Å²) in [6.07, 6.45) is 0.743. The van der Waals surface area contributed by atoms with Gasteiger partial charge in [-0.3, -0.25) is 9.59 Å². The molecule has 2 atom stereocenters. The van der Waals surface area contributed by atoms with Crippen LogP contribution in [0.5, 0.6) is 0 Å². The average molecular weight is 268 g/mol. The topological polar surface area (TPSA) is 57.6 Å². The van der Waals surface area contributed by atoms with Crippen LogP contribution >= 0.6 is 11.6 Å². The molecule has 0 radical (unpaired) electrons. The Morgan fingerprint density at radius 2 is 2.11 bits per heavy atom. The standard InChI is InChI=1S/C13H14ClNO3/c1-15(7-12(16)17)13(18)10-6-9(10)8-4-2-3-5-11(8)14/h2-5,9-10H,6-7H2,1H3,(H,16,17)/t9-,10+/m0/s1. The second-order valence-electron chi connectivity index (χ2n) is 4.56. The van der Waals surface area contributed by atoms with E-state index in [4.69, 9.17) is 16.7 Å². The zero-order chi connectivity index (χ0) is 13.3. The largest absolute Gasteiger partial charge is 0.480 e. The first-order chi connectivity index (χ1) is 8.50. The number of hydrogen-bond acceptors (Lipinski definition) is 2. The Morgan fingerprint density at radius 1 is 1.44 bits per heavy atom. The Hall–Kier alpha value is -1.55. The van der Waals surface area contributed by atoms with Gasteiger partial charge in [-0.25, -0.2) is 0 Å². The summed E-state index contributed by atoms with van der Waals surface area (Å²) in [7, 11) is 1.51. The van der Waals surface area contributed by atoms with E-state index in [9.17, 15) is 9.59 Å². The predicted molar refractivity (Wildman–Crippen MR) is 67.6 cm³/mol. The summed E-state index contributed by atoms with van der Waals surface area (Å²) in [5.74, 6) is -1.13. The summed E-state index contributed by atoms with van der Waals surface area (Å²) in [4.78, 5) is 23.8. The van der Waals surface area contributed by atoms with Gasteiger partial charge in [0.1, 0.15) is 6.54 Å². The Bertz CT molecular complexity index is 489. The number of carboxylic acid groups (broad SMARTS) is 1. The Morgan fingerprint density at radius 3 is 2.72 bits per heavy atom. The SMILES string of the molecule is CN(CC(=O)O)C(=O)[C@@H]1C[C@H]1c1ccccc1Cl. The van der Waals surface area contributed by atoms with Crippen molar-refractivity contribution in [2.75, 3.05) is 13.6 Å².